The molecule has 0 aliphatic rings. The van der Waals surface area contributed by atoms with E-state index in [0.29, 0.717) is 5.92 Å². The van der Waals surface area contributed by atoms with Gasteiger partial charge in [0.25, 0.3) is 0 Å². The number of ether oxygens (including phenoxy) is 1. The molecule has 2 aromatic carbocycles. The third-order valence-corrected chi connectivity index (χ3v) is 3.78. The number of hydrogen-bond acceptors (Lipinski definition) is 1. The van der Waals surface area contributed by atoms with E-state index in [9.17, 15) is 0 Å². The third kappa shape index (κ3) is 3.22. The molecule has 0 bridgehead atoms. The first kappa shape index (κ1) is 14.6. The lowest BCUT2D eigenvalue weighted by Crippen LogP contribution is -2.04. The Morgan fingerprint density at radius 3 is 2.40 bits per heavy atom. The summed E-state index contributed by atoms with van der Waals surface area (Å²) in [6.45, 7) is 6.53. The normalized spacial score (nSPS) is 12.2. The summed E-state index contributed by atoms with van der Waals surface area (Å²) in [4.78, 5) is 0. The van der Waals surface area contributed by atoms with Crippen LogP contribution in [0, 0.1) is 13.8 Å². The molecule has 0 spiro atoms. The monoisotopic (exact) mass is 268 g/mol. The second-order valence-corrected chi connectivity index (χ2v) is 5.50. The molecule has 0 N–H and O–H groups in total. The zero-order valence-corrected chi connectivity index (χ0v) is 12.9. The maximum atomic E-state index is 5.58. The first-order valence-corrected chi connectivity index (χ1v) is 7.36. The van der Waals surface area contributed by atoms with Crippen LogP contribution >= 0.6 is 0 Å². The molecule has 0 aromatic heterocycles. The Balaban J connectivity index is 2.50. The van der Waals surface area contributed by atoms with Gasteiger partial charge in [0.15, 0.2) is 0 Å². The molecule has 0 amide bonds. The van der Waals surface area contributed by atoms with Crippen LogP contribution in [0.15, 0.2) is 42.5 Å². The molecule has 2 aromatic rings. The van der Waals surface area contributed by atoms with E-state index in [-0.39, 0.29) is 0 Å². The molecule has 1 heteroatoms. The van der Waals surface area contributed by atoms with Crippen molar-refractivity contribution in [3.8, 4) is 5.75 Å². The molecular formula is C19H24O. The quantitative estimate of drug-likeness (QED) is 0.720. The molecule has 1 nitrogen and oxygen atoms in total. The third-order valence-electron chi connectivity index (χ3n) is 3.78. The first-order valence-electron chi connectivity index (χ1n) is 7.36. The molecule has 0 fully saturated rings. The van der Waals surface area contributed by atoms with Crippen molar-refractivity contribution in [1.82, 2.24) is 0 Å². The summed E-state index contributed by atoms with van der Waals surface area (Å²) in [6.07, 6.45) is 2.30. The van der Waals surface area contributed by atoms with Gasteiger partial charge in [-0.15, -0.1) is 0 Å². The zero-order valence-electron chi connectivity index (χ0n) is 12.9. The Morgan fingerprint density at radius 2 is 1.75 bits per heavy atom. The SMILES string of the molecule is CCCC(c1cccc(C)c1)c1cc(C)ccc1OC. The molecule has 0 radical (unpaired) electrons. The Morgan fingerprint density at radius 1 is 1.00 bits per heavy atom. The molecule has 1 unspecified atom stereocenters. The number of benzene rings is 2. The summed E-state index contributed by atoms with van der Waals surface area (Å²) in [5.74, 6) is 1.41. The van der Waals surface area contributed by atoms with Gasteiger partial charge in [-0.05, 0) is 31.9 Å². The van der Waals surface area contributed by atoms with Gasteiger partial charge in [-0.25, -0.2) is 0 Å². The van der Waals surface area contributed by atoms with Crippen LogP contribution in [0.5, 0.6) is 5.75 Å². The highest BCUT2D eigenvalue weighted by atomic mass is 16.5. The van der Waals surface area contributed by atoms with Gasteiger partial charge in [0, 0.05) is 11.5 Å². The van der Waals surface area contributed by atoms with Crippen LogP contribution in [0.25, 0.3) is 0 Å². The van der Waals surface area contributed by atoms with Gasteiger partial charge in [0.1, 0.15) is 5.75 Å². The molecule has 20 heavy (non-hydrogen) atoms. The largest absolute Gasteiger partial charge is 0.496 e. The molecule has 0 saturated heterocycles. The van der Waals surface area contributed by atoms with Gasteiger partial charge in [0.2, 0.25) is 0 Å². The fourth-order valence-electron chi connectivity index (χ4n) is 2.80. The Bertz CT molecular complexity index is 572. The smallest absolute Gasteiger partial charge is 0.122 e. The van der Waals surface area contributed by atoms with Gasteiger partial charge in [-0.2, -0.15) is 0 Å². The number of hydrogen-bond donors (Lipinski definition) is 0. The summed E-state index contributed by atoms with van der Waals surface area (Å²) in [7, 11) is 1.76. The van der Waals surface area contributed by atoms with Crippen molar-refractivity contribution in [3.05, 3.63) is 64.7 Å². The van der Waals surface area contributed by atoms with Gasteiger partial charge >= 0.3 is 0 Å². The summed E-state index contributed by atoms with van der Waals surface area (Å²) >= 11 is 0. The molecule has 2 rings (SSSR count). The van der Waals surface area contributed by atoms with E-state index in [2.05, 4.69) is 63.2 Å². The summed E-state index contributed by atoms with van der Waals surface area (Å²) in [6, 6.07) is 15.3. The van der Waals surface area contributed by atoms with E-state index >= 15 is 0 Å². The number of aryl methyl sites for hydroxylation is 2. The molecule has 0 aliphatic heterocycles. The Hall–Kier alpha value is -1.76. The minimum absolute atomic E-state index is 0.412. The first-order chi connectivity index (χ1) is 9.65. The fraction of sp³-hybridized carbons (Fsp3) is 0.368. The summed E-state index contributed by atoms with van der Waals surface area (Å²) in [5.41, 5.74) is 5.29. The lowest BCUT2D eigenvalue weighted by molar-refractivity contribution is 0.406. The van der Waals surface area contributed by atoms with Crippen molar-refractivity contribution in [2.24, 2.45) is 0 Å². The van der Waals surface area contributed by atoms with Crippen molar-refractivity contribution in [1.29, 1.82) is 0 Å². The standard InChI is InChI=1S/C19H24O/c1-5-7-17(16-9-6-8-14(2)12-16)18-13-15(3)10-11-19(18)20-4/h6,8-13,17H,5,7H2,1-4H3. The van der Waals surface area contributed by atoms with E-state index in [1.807, 2.05) is 0 Å². The predicted octanol–water partition coefficient (Wildman–Crippen LogP) is 5.24. The van der Waals surface area contributed by atoms with Crippen LogP contribution in [0.4, 0.5) is 0 Å². The van der Waals surface area contributed by atoms with Crippen molar-refractivity contribution in [2.45, 2.75) is 39.5 Å². The predicted molar refractivity (Wildman–Crippen MR) is 85.7 cm³/mol. The van der Waals surface area contributed by atoms with Crippen LogP contribution in [0.3, 0.4) is 0 Å². The van der Waals surface area contributed by atoms with Crippen LogP contribution in [-0.2, 0) is 0 Å². The average Bonchev–Trinajstić information content (AvgIpc) is 2.44. The minimum Gasteiger partial charge on any atom is -0.496 e. The molecule has 0 heterocycles. The topological polar surface area (TPSA) is 9.23 Å². The van der Waals surface area contributed by atoms with Crippen molar-refractivity contribution >= 4 is 0 Å². The van der Waals surface area contributed by atoms with Crippen LogP contribution in [0.2, 0.25) is 0 Å². The van der Waals surface area contributed by atoms with Crippen LogP contribution in [-0.4, -0.2) is 7.11 Å². The lowest BCUT2D eigenvalue weighted by atomic mass is 9.86. The van der Waals surface area contributed by atoms with Gasteiger partial charge in [-0.3, -0.25) is 0 Å². The number of rotatable bonds is 5. The van der Waals surface area contributed by atoms with E-state index in [1.165, 1.54) is 22.3 Å². The second-order valence-electron chi connectivity index (χ2n) is 5.50. The Kier molecular flexibility index (Phi) is 4.84. The maximum Gasteiger partial charge on any atom is 0.122 e. The molecule has 0 saturated carbocycles. The second kappa shape index (κ2) is 6.60. The average molecular weight is 268 g/mol. The van der Waals surface area contributed by atoms with Crippen LogP contribution < -0.4 is 4.74 Å². The van der Waals surface area contributed by atoms with Gasteiger partial charge < -0.3 is 4.74 Å². The van der Waals surface area contributed by atoms with E-state index in [1.54, 1.807) is 7.11 Å². The maximum absolute atomic E-state index is 5.58. The van der Waals surface area contributed by atoms with Gasteiger partial charge in [0.05, 0.1) is 7.11 Å². The van der Waals surface area contributed by atoms with E-state index in [4.69, 9.17) is 4.74 Å². The van der Waals surface area contributed by atoms with E-state index in [0.717, 1.165) is 18.6 Å². The van der Waals surface area contributed by atoms with E-state index < -0.39 is 0 Å². The highest BCUT2D eigenvalue weighted by molar-refractivity contribution is 5.44. The summed E-state index contributed by atoms with van der Waals surface area (Å²) < 4.78 is 5.58. The van der Waals surface area contributed by atoms with Crippen molar-refractivity contribution < 1.29 is 4.74 Å². The zero-order chi connectivity index (χ0) is 14.5. The van der Waals surface area contributed by atoms with Gasteiger partial charge in [-0.1, -0.05) is 60.9 Å². The number of methoxy groups -OCH3 is 1. The Labute approximate surface area is 122 Å². The minimum atomic E-state index is 0.412. The fourth-order valence-corrected chi connectivity index (χ4v) is 2.80. The highest BCUT2D eigenvalue weighted by Gasteiger charge is 2.17. The highest BCUT2D eigenvalue weighted by Crippen LogP contribution is 2.36. The molecule has 1 atom stereocenters. The summed E-state index contributed by atoms with van der Waals surface area (Å²) in [5, 5.41) is 0. The van der Waals surface area contributed by atoms with Crippen molar-refractivity contribution in [2.75, 3.05) is 7.11 Å². The lowest BCUT2D eigenvalue weighted by Gasteiger charge is -2.21. The molecular weight excluding hydrogens is 244 g/mol. The van der Waals surface area contributed by atoms with Crippen LogP contribution in [0.1, 0.15) is 47.9 Å². The molecule has 106 valence electrons. The van der Waals surface area contributed by atoms with Crippen molar-refractivity contribution in [3.63, 3.8) is 0 Å². The molecule has 0 aliphatic carbocycles.